The van der Waals surface area contributed by atoms with Crippen molar-refractivity contribution in [2.75, 3.05) is 26.2 Å². The van der Waals surface area contributed by atoms with E-state index in [-0.39, 0.29) is 19.4 Å². The van der Waals surface area contributed by atoms with E-state index in [4.69, 9.17) is 0 Å². The highest BCUT2D eigenvalue weighted by Gasteiger charge is 2.54. The van der Waals surface area contributed by atoms with Gasteiger partial charge < -0.3 is 0 Å². The third-order valence-corrected chi connectivity index (χ3v) is 5.44. The predicted molar refractivity (Wildman–Crippen MR) is 89.2 cm³/mol. The van der Waals surface area contributed by atoms with Crippen LogP contribution in [0.1, 0.15) is 53.9 Å². The molecule has 0 spiro atoms. The molecule has 0 aromatic carbocycles. The van der Waals surface area contributed by atoms with E-state index >= 15 is 0 Å². The van der Waals surface area contributed by atoms with Crippen molar-refractivity contribution < 1.29 is 26.3 Å². The van der Waals surface area contributed by atoms with Crippen molar-refractivity contribution in [3.8, 4) is 0 Å². The second kappa shape index (κ2) is 6.54. The first-order chi connectivity index (χ1) is 11.4. The molecule has 0 aromatic rings. The molecule has 0 amide bonds. The largest absolute Gasteiger partial charge is 0.292 e. The standard InChI is InChI=1S/C18H30F6N2/c1-14(2,3)25-8-13(7-16(19,20)10-25)6-15(4,5)26-11-17(21,22)9-18(23,24)12-26/h13H,6-12H2,1-5H3. The fourth-order valence-electron chi connectivity index (χ4n) is 4.22. The predicted octanol–water partition coefficient (Wildman–Crippen LogP) is 4.89. The van der Waals surface area contributed by atoms with Gasteiger partial charge in [0.15, 0.2) is 0 Å². The molecule has 2 nitrogen and oxygen atoms in total. The number of alkyl halides is 6. The first kappa shape index (κ1) is 21.8. The Bertz CT molecular complexity index is 496. The molecule has 0 bridgehead atoms. The van der Waals surface area contributed by atoms with Gasteiger partial charge in [-0.3, -0.25) is 9.80 Å². The van der Waals surface area contributed by atoms with Crippen LogP contribution in [0.2, 0.25) is 0 Å². The highest BCUT2D eigenvalue weighted by atomic mass is 19.3. The van der Waals surface area contributed by atoms with E-state index in [9.17, 15) is 26.3 Å². The zero-order valence-electron chi connectivity index (χ0n) is 16.2. The van der Waals surface area contributed by atoms with Crippen LogP contribution in [0.5, 0.6) is 0 Å². The van der Waals surface area contributed by atoms with Crippen LogP contribution < -0.4 is 0 Å². The number of likely N-dealkylation sites (tertiary alicyclic amines) is 2. The zero-order chi connectivity index (χ0) is 20.2. The summed E-state index contributed by atoms with van der Waals surface area (Å²) >= 11 is 0. The van der Waals surface area contributed by atoms with Gasteiger partial charge in [-0.05, 0) is 47.0 Å². The second-order valence-electron chi connectivity index (χ2n) is 9.74. The van der Waals surface area contributed by atoms with Crippen molar-refractivity contribution >= 4 is 0 Å². The molecule has 0 N–H and O–H groups in total. The van der Waals surface area contributed by atoms with E-state index in [1.54, 1.807) is 18.7 Å². The van der Waals surface area contributed by atoms with Gasteiger partial charge in [-0.2, -0.15) is 0 Å². The molecular weight excluding hydrogens is 358 g/mol. The number of hydrogen-bond donors (Lipinski definition) is 0. The molecular formula is C18H30F6N2. The van der Waals surface area contributed by atoms with Gasteiger partial charge in [0.2, 0.25) is 0 Å². The van der Waals surface area contributed by atoms with Crippen LogP contribution in [0.4, 0.5) is 26.3 Å². The summed E-state index contributed by atoms with van der Waals surface area (Å²) in [4.78, 5) is 2.77. The summed E-state index contributed by atoms with van der Waals surface area (Å²) in [6.07, 6.45) is -1.63. The number of rotatable bonds is 3. The Morgan fingerprint density at radius 3 is 1.69 bits per heavy atom. The van der Waals surface area contributed by atoms with Crippen LogP contribution >= 0.6 is 0 Å². The lowest BCUT2D eigenvalue weighted by molar-refractivity contribution is -0.192. The topological polar surface area (TPSA) is 6.48 Å². The van der Waals surface area contributed by atoms with Crippen LogP contribution in [0.25, 0.3) is 0 Å². The fourth-order valence-corrected chi connectivity index (χ4v) is 4.22. The average molecular weight is 388 g/mol. The number of hydrogen-bond acceptors (Lipinski definition) is 2. The molecule has 0 aliphatic carbocycles. The molecule has 1 unspecified atom stereocenters. The highest BCUT2D eigenvalue weighted by Crippen LogP contribution is 2.43. The third kappa shape index (κ3) is 5.50. The number of nitrogens with zero attached hydrogens (tertiary/aromatic N) is 2. The van der Waals surface area contributed by atoms with E-state index in [1.807, 2.05) is 20.8 Å². The van der Waals surface area contributed by atoms with Crippen LogP contribution in [-0.2, 0) is 0 Å². The maximum atomic E-state index is 14.2. The number of halogens is 6. The normalized spacial score (nSPS) is 30.3. The molecule has 154 valence electrons. The summed E-state index contributed by atoms with van der Waals surface area (Å²) in [7, 11) is 0. The third-order valence-electron chi connectivity index (χ3n) is 5.44. The maximum Gasteiger partial charge on any atom is 0.266 e. The van der Waals surface area contributed by atoms with Crippen molar-refractivity contribution in [1.82, 2.24) is 9.80 Å². The van der Waals surface area contributed by atoms with Crippen molar-refractivity contribution in [2.24, 2.45) is 5.92 Å². The molecule has 0 radical (unpaired) electrons. The Balaban J connectivity index is 2.14. The summed E-state index contributed by atoms with van der Waals surface area (Å²) in [6, 6.07) is 0. The molecule has 8 heteroatoms. The quantitative estimate of drug-likeness (QED) is 0.636. The first-order valence-corrected chi connectivity index (χ1v) is 9.05. The van der Waals surface area contributed by atoms with Crippen molar-refractivity contribution in [3.05, 3.63) is 0 Å². The zero-order valence-corrected chi connectivity index (χ0v) is 16.2. The fraction of sp³-hybridized carbons (Fsp3) is 1.00. The van der Waals surface area contributed by atoms with Crippen LogP contribution in [0, 0.1) is 5.92 Å². The lowest BCUT2D eigenvalue weighted by Gasteiger charge is -2.50. The first-order valence-electron chi connectivity index (χ1n) is 9.05. The van der Waals surface area contributed by atoms with Crippen LogP contribution in [-0.4, -0.2) is 64.8 Å². The Hall–Kier alpha value is -0.500. The van der Waals surface area contributed by atoms with E-state index in [0.29, 0.717) is 6.54 Å². The minimum absolute atomic E-state index is 0.168. The van der Waals surface area contributed by atoms with Crippen LogP contribution in [0.3, 0.4) is 0 Å². The Morgan fingerprint density at radius 1 is 0.769 bits per heavy atom. The summed E-state index contributed by atoms with van der Waals surface area (Å²) in [5.41, 5.74) is -1.47. The van der Waals surface area contributed by atoms with Gasteiger partial charge >= 0.3 is 0 Å². The van der Waals surface area contributed by atoms with E-state index in [0.717, 1.165) is 4.90 Å². The maximum absolute atomic E-state index is 14.2. The second-order valence-corrected chi connectivity index (χ2v) is 9.74. The number of piperidine rings is 2. The molecule has 1 atom stereocenters. The molecule has 2 heterocycles. The lowest BCUT2D eigenvalue weighted by Crippen LogP contribution is -2.61. The lowest BCUT2D eigenvalue weighted by atomic mass is 9.81. The smallest absolute Gasteiger partial charge is 0.266 e. The van der Waals surface area contributed by atoms with Gasteiger partial charge in [-0.15, -0.1) is 0 Å². The van der Waals surface area contributed by atoms with E-state index in [2.05, 4.69) is 0 Å². The molecule has 0 aromatic heterocycles. The van der Waals surface area contributed by atoms with Gasteiger partial charge in [-0.1, -0.05) is 0 Å². The molecule has 2 aliphatic heterocycles. The SMILES string of the molecule is CC(C)(C)N1CC(CC(C)(C)N2CC(F)(F)CC(F)(F)C2)CC(F)(F)C1. The minimum atomic E-state index is -3.48. The summed E-state index contributed by atoms with van der Waals surface area (Å²) < 4.78 is 83.4. The molecule has 2 rings (SSSR count). The van der Waals surface area contributed by atoms with Gasteiger partial charge in [0.1, 0.15) is 0 Å². The molecule has 26 heavy (non-hydrogen) atoms. The molecule has 2 aliphatic rings. The van der Waals surface area contributed by atoms with Crippen molar-refractivity contribution in [1.29, 1.82) is 0 Å². The molecule has 0 saturated carbocycles. The summed E-state index contributed by atoms with van der Waals surface area (Å²) in [5.74, 6) is -10.3. The molecule has 2 saturated heterocycles. The Morgan fingerprint density at radius 2 is 1.23 bits per heavy atom. The highest BCUT2D eigenvalue weighted by molar-refractivity contribution is 4.98. The monoisotopic (exact) mass is 388 g/mol. The van der Waals surface area contributed by atoms with E-state index in [1.165, 1.54) is 0 Å². The van der Waals surface area contributed by atoms with E-state index < -0.39 is 54.3 Å². The Labute approximate surface area is 151 Å². The van der Waals surface area contributed by atoms with Crippen LogP contribution in [0.15, 0.2) is 0 Å². The Kier molecular flexibility index (Phi) is 5.48. The summed E-state index contributed by atoms with van der Waals surface area (Å²) in [5, 5.41) is 0. The minimum Gasteiger partial charge on any atom is -0.292 e. The average Bonchev–Trinajstić information content (AvgIpc) is 2.30. The van der Waals surface area contributed by atoms with Gasteiger partial charge in [-0.25, -0.2) is 26.3 Å². The van der Waals surface area contributed by atoms with Crippen molar-refractivity contribution in [2.45, 2.75) is 82.7 Å². The van der Waals surface area contributed by atoms with Crippen molar-refractivity contribution in [3.63, 3.8) is 0 Å². The molecule has 2 fully saturated rings. The van der Waals surface area contributed by atoms with Gasteiger partial charge in [0, 0.05) is 24.0 Å². The van der Waals surface area contributed by atoms with Gasteiger partial charge in [0.25, 0.3) is 17.8 Å². The van der Waals surface area contributed by atoms with Gasteiger partial charge in [0.05, 0.1) is 26.1 Å². The summed E-state index contributed by atoms with van der Waals surface area (Å²) in [6.45, 7) is 7.28.